The third kappa shape index (κ3) is 3.54. The molecule has 0 N–H and O–H groups in total. The Bertz CT molecular complexity index is 543. The maximum absolute atomic E-state index is 12.0. The number of halogens is 1. The SMILES string of the molecule is Cc1ccc(CCC(=O)c2cccc(Br)c2)cc1. The first-order valence-electron chi connectivity index (χ1n) is 5.99. The minimum absolute atomic E-state index is 0.192. The molecule has 0 atom stereocenters. The van der Waals surface area contributed by atoms with Crippen molar-refractivity contribution in [3.05, 3.63) is 69.7 Å². The van der Waals surface area contributed by atoms with Crippen LogP contribution < -0.4 is 0 Å². The van der Waals surface area contributed by atoms with E-state index in [1.165, 1.54) is 11.1 Å². The fourth-order valence-corrected chi connectivity index (χ4v) is 2.22. The van der Waals surface area contributed by atoms with Gasteiger partial charge in [0.1, 0.15) is 0 Å². The van der Waals surface area contributed by atoms with E-state index in [-0.39, 0.29) is 5.78 Å². The molecule has 2 aromatic rings. The minimum atomic E-state index is 0.192. The van der Waals surface area contributed by atoms with Crippen LogP contribution in [0.25, 0.3) is 0 Å². The quantitative estimate of drug-likeness (QED) is 0.756. The maximum Gasteiger partial charge on any atom is 0.163 e. The van der Waals surface area contributed by atoms with E-state index in [4.69, 9.17) is 0 Å². The smallest absolute Gasteiger partial charge is 0.163 e. The normalized spacial score (nSPS) is 10.3. The molecule has 1 nitrogen and oxygen atoms in total. The van der Waals surface area contributed by atoms with Crippen LogP contribution in [0.2, 0.25) is 0 Å². The number of rotatable bonds is 4. The van der Waals surface area contributed by atoms with Crippen molar-refractivity contribution in [3.8, 4) is 0 Å². The third-order valence-corrected chi connectivity index (χ3v) is 3.40. The zero-order chi connectivity index (χ0) is 13.0. The second-order valence-electron chi connectivity index (χ2n) is 4.42. The van der Waals surface area contributed by atoms with Crippen LogP contribution in [0.3, 0.4) is 0 Å². The lowest BCUT2D eigenvalue weighted by atomic mass is 10.0. The van der Waals surface area contributed by atoms with Crippen molar-refractivity contribution in [1.29, 1.82) is 0 Å². The first kappa shape index (κ1) is 13.0. The Balaban J connectivity index is 1.98. The van der Waals surface area contributed by atoms with Crippen molar-refractivity contribution in [2.45, 2.75) is 19.8 Å². The standard InChI is InChI=1S/C16H15BrO/c1-12-5-7-13(8-6-12)9-10-16(18)14-3-2-4-15(17)11-14/h2-8,11H,9-10H2,1H3. The molecule has 0 bridgehead atoms. The molecule has 0 aliphatic rings. The molecule has 2 heteroatoms. The zero-order valence-corrected chi connectivity index (χ0v) is 11.9. The Labute approximate surface area is 116 Å². The number of ketones is 1. The highest BCUT2D eigenvalue weighted by Gasteiger charge is 2.06. The van der Waals surface area contributed by atoms with Gasteiger partial charge in [-0.3, -0.25) is 4.79 Å². The summed E-state index contributed by atoms with van der Waals surface area (Å²) in [6.45, 7) is 2.07. The van der Waals surface area contributed by atoms with Crippen LogP contribution in [-0.4, -0.2) is 5.78 Å². The number of carbonyl (C=O) groups excluding carboxylic acids is 1. The van der Waals surface area contributed by atoms with Gasteiger partial charge >= 0.3 is 0 Å². The van der Waals surface area contributed by atoms with Gasteiger partial charge in [0.25, 0.3) is 0 Å². The fraction of sp³-hybridized carbons (Fsp3) is 0.188. The third-order valence-electron chi connectivity index (χ3n) is 2.91. The number of Topliss-reactive ketones (excluding diaryl/α,β-unsaturated/α-hetero) is 1. The predicted molar refractivity (Wildman–Crippen MR) is 78.0 cm³/mol. The molecule has 0 radical (unpaired) electrons. The number of aryl methyl sites for hydroxylation is 2. The van der Waals surface area contributed by atoms with Gasteiger partial charge in [0, 0.05) is 16.5 Å². The molecule has 2 rings (SSSR count). The minimum Gasteiger partial charge on any atom is -0.294 e. The molecule has 0 aliphatic carbocycles. The summed E-state index contributed by atoms with van der Waals surface area (Å²) in [5.74, 6) is 0.192. The van der Waals surface area contributed by atoms with Crippen molar-refractivity contribution >= 4 is 21.7 Å². The molecule has 0 saturated carbocycles. The Morgan fingerprint density at radius 2 is 1.83 bits per heavy atom. The van der Waals surface area contributed by atoms with Crippen molar-refractivity contribution in [1.82, 2.24) is 0 Å². The molecule has 92 valence electrons. The molecule has 2 aromatic carbocycles. The monoisotopic (exact) mass is 302 g/mol. The van der Waals surface area contributed by atoms with Crippen molar-refractivity contribution in [2.24, 2.45) is 0 Å². The highest BCUT2D eigenvalue weighted by Crippen LogP contribution is 2.14. The summed E-state index contributed by atoms with van der Waals surface area (Å²) in [5, 5.41) is 0. The molecular weight excluding hydrogens is 288 g/mol. The lowest BCUT2D eigenvalue weighted by Gasteiger charge is -2.03. The summed E-state index contributed by atoms with van der Waals surface area (Å²) in [6, 6.07) is 15.9. The average Bonchev–Trinajstić information content (AvgIpc) is 2.38. The lowest BCUT2D eigenvalue weighted by molar-refractivity contribution is 0.0983. The fourth-order valence-electron chi connectivity index (χ4n) is 1.82. The highest BCUT2D eigenvalue weighted by atomic mass is 79.9. The van der Waals surface area contributed by atoms with E-state index >= 15 is 0 Å². The van der Waals surface area contributed by atoms with Gasteiger partial charge < -0.3 is 0 Å². The highest BCUT2D eigenvalue weighted by molar-refractivity contribution is 9.10. The van der Waals surface area contributed by atoms with Crippen molar-refractivity contribution < 1.29 is 4.79 Å². The van der Waals surface area contributed by atoms with E-state index in [9.17, 15) is 4.79 Å². The molecule has 0 aliphatic heterocycles. The van der Waals surface area contributed by atoms with Crippen LogP contribution >= 0.6 is 15.9 Å². The molecule has 0 amide bonds. The number of hydrogen-bond donors (Lipinski definition) is 0. The molecule has 0 saturated heterocycles. The van der Waals surface area contributed by atoms with Gasteiger partial charge in [0.05, 0.1) is 0 Å². The van der Waals surface area contributed by atoms with Crippen molar-refractivity contribution in [2.75, 3.05) is 0 Å². The second kappa shape index (κ2) is 5.96. The molecule has 0 fully saturated rings. The van der Waals surface area contributed by atoms with E-state index < -0.39 is 0 Å². The Morgan fingerprint density at radius 3 is 2.50 bits per heavy atom. The van der Waals surface area contributed by atoms with Gasteiger partial charge in [-0.25, -0.2) is 0 Å². The van der Waals surface area contributed by atoms with Crippen LogP contribution in [0.1, 0.15) is 27.9 Å². The Morgan fingerprint density at radius 1 is 1.11 bits per heavy atom. The Hall–Kier alpha value is -1.41. The van der Waals surface area contributed by atoms with Crippen molar-refractivity contribution in [3.63, 3.8) is 0 Å². The van der Waals surface area contributed by atoms with E-state index in [0.29, 0.717) is 6.42 Å². The maximum atomic E-state index is 12.0. The van der Waals surface area contributed by atoms with Gasteiger partial charge in [-0.05, 0) is 31.0 Å². The van der Waals surface area contributed by atoms with E-state index in [1.54, 1.807) is 0 Å². The first-order valence-corrected chi connectivity index (χ1v) is 6.79. The van der Waals surface area contributed by atoms with Crippen LogP contribution in [-0.2, 0) is 6.42 Å². The largest absolute Gasteiger partial charge is 0.294 e. The average molecular weight is 303 g/mol. The Kier molecular flexibility index (Phi) is 4.32. The lowest BCUT2D eigenvalue weighted by Crippen LogP contribution is -2.01. The van der Waals surface area contributed by atoms with Gasteiger partial charge in [0.2, 0.25) is 0 Å². The van der Waals surface area contributed by atoms with E-state index in [0.717, 1.165) is 16.5 Å². The second-order valence-corrected chi connectivity index (χ2v) is 5.33. The molecule has 0 heterocycles. The summed E-state index contributed by atoms with van der Waals surface area (Å²) < 4.78 is 0.948. The molecule has 0 unspecified atom stereocenters. The first-order chi connectivity index (χ1) is 8.65. The number of benzene rings is 2. The molecular formula is C16H15BrO. The van der Waals surface area contributed by atoms with Crippen LogP contribution in [0.4, 0.5) is 0 Å². The van der Waals surface area contributed by atoms with Gasteiger partial charge in [0.15, 0.2) is 5.78 Å². The van der Waals surface area contributed by atoms with Gasteiger partial charge in [-0.15, -0.1) is 0 Å². The topological polar surface area (TPSA) is 17.1 Å². The van der Waals surface area contributed by atoms with Gasteiger partial charge in [-0.2, -0.15) is 0 Å². The summed E-state index contributed by atoms with van der Waals surface area (Å²) in [5.41, 5.74) is 3.23. The molecule has 0 aromatic heterocycles. The predicted octanol–water partition coefficient (Wildman–Crippen LogP) is 4.57. The van der Waals surface area contributed by atoms with Gasteiger partial charge in [-0.1, -0.05) is 57.9 Å². The van der Waals surface area contributed by atoms with Crippen LogP contribution in [0.5, 0.6) is 0 Å². The molecule has 18 heavy (non-hydrogen) atoms. The molecule has 0 spiro atoms. The van der Waals surface area contributed by atoms with Crippen LogP contribution in [0, 0.1) is 6.92 Å². The summed E-state index contributed by atoms with van der Waals surface area (Å²) in [4.78, 5) is 12.0. The van der Waals surface area contributed by atoms with E-state index in [1.807, 2.05) is 24.3 Å². The van der Waals surface area contributed by atoms with E-state index in [2.05, 4.69) is 47.1 Å². The summed E-state index contributed by atoms with van der Waals surface area (Å²) >= 11 is 3.38. The number of carbonyl (C=O) groups is 1. The summed E-state index contributed by atoms with van der Waals surface area (Å²) in [6.07, 6.45) is 1.35. The van der Waals surface area contributed by atoms with Crippen LogP contribution in [0.15, 0.2) is 53.0 Å². The zero-order valence-electron chi connectivity index (χ0n) is 10.3. The number of hydrogen-bond acceptors (Lipinski definition) is 1. The summed E-state index contributed by atoms with van der Waals surface area (Å²) in [7, 11) is 0.